The predicted molar refractivity (Wildman–Crippen MR) is 210 cm³/mol. The number of hydrogen-bond donors (Lipinski definition) is 0. The minimum absolute atomic E-state index is 0.145. The first kappa shape index (κ1) is 33.6. The summed E-state index contributed by atoms with van der Waals surface area (Å²) in [5.74, 6) is -0.734. The van der Waals surface area contributed by atoms with Crippen LogP contribution in [0.1, 0.15) is 25.0 Å². The van der Waals surface area contributed by atoms with Crippen LogP contribution in [-0.2, 0) is 22.3 Å². The molecule has 6 aromatic carbocycles. The Hall–Kier alpha value is -3.90. The molecule has 1 heterocycles. The number of ether oxygens (including phenoxy) is 2. The van der Waals surface area contributed by atoms with Gasteiger partial charge in [-0.25, -0.2) is 0 Å². The summed E-state index contributed by atoms with van der Waals surface area (Å²) in [6.45, 7) is 4.22. The fraction of sp³-hybridized carbons (Fsp3) is 0.200. The van der Waals surface area contributed by atoms with Gasteiger partial charge in [-0.05, 0) is 74.9 Å². The molecule has 1 aliphatic rings. The van der Waals surface area contributed by atoms with Crippen molar-refractivity contribution in [3.63, 3.8) is 0 Å². The van der Waals surface area contributed by atoms with Gasteiger partial charge in [-0.3, -0.25) is 0 Å². The van der Waals surface area contributed by atoms with E-state index in [-0.39, 0.29) is 23.5 Å². The van der Waals surface area contributed by atoms with E-state index in [1.165, 1.54) is 32.3 Å². The van der Waals surface area contributed by atoms with Crippen LogP contribution < -0.4 is 21.2 Å². The molecule has 4 heteroatoms. The van der Waals surface area contributed by atoms with Crippen LogP contribution in [0.15, 0.2) is 182 Å². The van der Waals surface area contributed by atoms with Crippen molar-refractivity contribution in [3.05, 3.63) is 193 Å². The van der Waals surface area contributed by atoms with Crippen LogP contribution in [0.25, 0.3) is 0 Å². The van der Waals surface area contributed by atoms with Crippen molar-refractivity contribution in [3.8, 4) is 0 Å². The summed E-state index contributed by atoms with van der Waals surface area (Å²) in [7, 11) is -1.65. The molecule has 4 atom stereocenters. The van der Waals surface area contributed by atoms with Crippen LogP contribution in [0, 0.1) is 0 Å². The van der Waals surface area contributed by atoms with Gasteiger partial charge in [-0.15, -0.1) is 0 Å². The van der Waals surface area contributed by atoms with Gasteiger partial charge in [0, 0.05) is 11.3 Å². The van der Waals surface area contributed by atoms with Gasteiger partial charge < -0.3 is 9.47 Å². The summed E-state index contributed by atoms with van der Waals surface area (Å²) >= 11 is 0. The van der Waals surface area contributed by atoms with Crippen LogP contribution in [0.4, 0.5) is 0 Å². The minimum atomic E-state index is -0.827. The Morgan fingerprint density at radius 3 is 0.918 bits per heavy atom. The summed E-state index contributed by atoms with van der Waals surface area (Å²) < 4.78 is 14.5. The van der Waals surface area contributed by atoms with E-state index in [2.05, 4.69) is 196 Å². The molecule has 49 heavy (non-hydrogen) atoms. The van der Waals surface area contributed by atoms with Gasteiger partial charge in [-0.1, -0.05) is 182 Å². The third-order valence-electron chi connectivity index (χ3n) is 9.30. The molecule has 2 nitrogen and oxygen atoms in total. The van der Waals surface area contributed by atoms with E-state index in [0.717, 1.165) is 12.8 Å². The number of hydrogen-bond acceptors (Lipinski definition) is 2. The van der Waals surface area contributed by atoms with Crippen LogP contribution >= 0.6 is 15.8 Å². The maximum atomic E-state index is 7.26. The second kappa shape index (κ2) is 15.8. The quantitative estimate of drug-likeness (QED) is 0.120. The van der Waals surface area contributed by atoms with Crippen molar-refractivity contribution in [2.75, 3.05) is 0 Å². The van der Waals surface area contributed by atoms with E-state index in [1.54, 1.807) is 0 Å². The molecule has 6 aromatic rings. The maximum absolute atomic E-state index is 7.26. The van der Waals surface area contributed by atoms with Crippen molar-refractivity contribution in [1.29, 1.82) is 0 Å². The second-order valence-corrected chi connectivity index (χ2v) is 18.0. The molecular weight excluding hydrogens is 634 g/mol. The van der Waals surface area contributed by atoms with Gasteiger partial charge in [0.2, 0.25) is 0 Å². The highest BCUT2D eigenvalue weighted by Gasteiger charge is 2.52. The Labute approximate surface area is 294 Å². The fourth-order valence-electron chi connectivity index (χ4n) is 7.25. The molecule has 0 aliphatic carbocycles. The molecule has 0 spiro atoms. The summed E-state index contributed by atoms with van der Waals surface area (Å²) in [4.78, 5) is 0. The van der Waals surface area contributed by atoms with E-state index < -0.39 is 21.6 Å². The molecule has 246 valence electrons. The molecule has 0 saturated carbocycles. The Kier molecular flexibility index (Phi) is 10.8. The summed E-state index contributed by atoms with van der Waals surface area (Å²) in [5, 5.41) is 5.46. The standard InChI is InChI=1S/C45H44O2P2/c1-45(2)46-43(41(33-35-21-9-3-10-22-35)48(37-25-13-5-14-26-37)38-27-15-6-16-28-38)44(47-45)42(34-36-23-11-4-12-24-36)49(39-29-17-7-18-30-39)40-31-19-8-20-32-40/h3-32,41-44H,33-34H2,1-2H3/t41-,42-,43-,44-/m1/s1. The molecule has 1 fully saturated rings. The lowest BCUT2D eigenvalue weighted by Gasteiger charge is -2.39. The van der Waals surface area contributed by atoms with E-state index in [4.69, 9.17) is 9.47 Å². The Morgan fingerprint density at radius 2 is 0.653 bits per heavy atom. The van der Waals surface area contributed by atoms with Crippen LogP contribution in [-0.4, -0.2) is 29.3 Å². The smallest absolute Gasteiger partial charge is 0.163 e. The zero-order chi connectivity index (χ0) is 33.5. The van der Waals surface area contributed by atoms with Gasteiger partial charge >= 0.3 is 0 Å². The van der Waals surface area contributed by atoms with E-state index in [0.29, 0.717) is 0 Å². The predicted octanol–water partition coefficient (Wildman–Crippen LogP) is 8.99. The third-order valence-corrected chi connectivity index (χ3v) is 15.0. The lowest BCUT2D eigenvalue weighted by Crippen LogP contribution is -2.46. The van der Waals surface area contributed by atoms with E-state index in [9.17, 15) is 0 Å². The highest BCUT2D eigenvalue weighted by molar-refractivity contribution is 7.74. The highest BCUT2D eigenvalue weighted by Crippen LogP contribution is 2.53. The van der Waals surface area contributed by atoms with Crippen molar-refractivity contribution in [2.24, 2.45) is 0 Å². The Balaban J connectivity index is 1.42. The molecule has 1 saturated heterocycles. The first-order valence-corrected chi connectivity index (χ1v) is 20.1. The normalized spacial score (nSPS) is 18.4. The summed E-state index contributed by atoms with van der Waals surface area (Å²) in [6, 6.07) is 66.4. The molecule has 0 aromatic heterocycles. The first-order chi connectivity index (χ1) is 24.1. The topological polar surface area (TPSA) is 18.5 Å². The summed E-state index contributed by atoms with van der Waals surface area (Å²) in [6.07, 6.45) is 1.49. The molecular formula is C45H44O2P2. The van der Waals surface area contributed by atoms with Gasteiger partial charge in [0.15, 0.2) is 5.79 Å². The monoisotopic (exact) mass is 678 g/mol. The van der Waals surface area contributed by atoms with Crippen LogP contribution in [0.2, 0.25) is 0 Å². The van der Waals surface area contributed by atoms with Gasteiger partial charge in [0.1, 0.15) is 0 Å². The van der Waals surface area contributed by atoms with Crippen LogP contribution in [0.5, 0.6) is 0 Å². The molecule has 0 amide bonds. The first-order valence-electron chi connectivity index (χ1n) is 17.3. The summed E-state index contributed by atoms with van der Waals surface area (Å²) in [5.41, 5.74) is 2.98. The molecule has 1 aliphatic heterocycles. The van der Waals surface area contributed by atoms with Crippen molar-refractivity contribution in [2.45, 2.75) is 56.0 Å². The Morgan fingerprint density at radius 1 is 0.408 bits per heavy atom. The zero-order valence-electron chi connectivity index (χ0n) is 28.3. The molecule has 0 unspecified atom stereocenters. The SMILES string of the molecule is CC1(C)O[C@H]([C@@H](Cc2ccccc2)P(c2ccccc2)c2ccccc2)[C@@H]([C@@H](Cc2ccccc2)P(c2ccccc2)c2ccccc2)O1. The zero-order valence-corrected chi connectivity index (χ0v) is 30.0. The van der Waals surface area contributed by atoms with Gasteiger partial charge in [0.25, 0.3) is 0 Å². The molecule has 0 radical (unpaired) electrons. The Bertz CT molecular complexity index is 1640. The van der Waals surface area contributed by atoms with Gasteiger partial charge in [0.05, 0.1) is 12.2 Å². The molecule has 0 bridgehead atoms. The van der Waals surface area contributed by atoms with Crippen molar-refractivity contribution >= 4 is 37.1 Å². The number of rotatable bonds is 12. The third kappa shape index (κ3) is 8.12. The average molecular weight is 679 g/mol. The fourth-order valence-corrected chi connectivity index (χ4v) is 13.2. The molecule has 7 rings (SSSR count). The lowest BCUT2D eigenvalue weighted by atomic mass is 9.97. The highest BCUT2D eigenvalue weighted by atomic mass is 31.1. The van der Waals surface area contributed by atoms with Crippen molar-refractivity contribution < 1.29 is 9.47 Å². The average Bonchev–Trinajstić information content (AvgIpc) is 3.48. The second-order valence-electron chi connectivity index (χ2n) is 13.2. The van der Waals surface area contributed by atoms with Crippen LogP contribution in [0.3, 0.4) is 0 Å². The largest absolute Gasteiger partial charge is 0.344 e. The van der Waals surface area contributed by atoms with E-state index >= 15 is 0 Å². The lowest BCUT2D eigenvalue weighted by molar-refractivity contribution is -0.146. The molecule has 0 N–H and O–H groups in total. The minimum Gasteiger partial charge on any atom is -0.344 e. The van der Waals surface area contributed by atoms with E-state index in [1.807, 2.05) is 0 Å². The van der Waals surface area contributed by atoms with Crippen molar-refractivity contribution in [1.82, 2.24) is 0 Å². The van der Waals surface area contributed by atoms with Gasteiger partial charge in [-0.2, -0.15) is 0 Å². The maximum Gasteiger partial charge on any atom is 0.163 e. The number of benzene rings is 6.